The molecule has 9 nitrogen and oxygen atoms in total. The highest BCUT2D eigenvalue weighted by Crippen LogP contribution is 2.36. The molecule has 4 rings (SSSR count). The van der Waals surface area contributed by atoms with E-state index in [2.05, 4.69) is 10.2 Å². The van der Waals surface area contributed by atoms with Crippen molar-refractivity contribution in [2.24, 2.45) is 10.2 Å². The molecule has 35 heavy (non-hydrogen) atoms. The minimum Gasteiger partial charge on any atom is -0.492 e. The first kappa shape index (κ1) is 24.2. The number of nitrogens with one attached hydrogen (secondary N) is 1. The standard InChI is InChI=1S/C21H14F3N5O4S2/c1-35(32,33)28-29-19(30)18(34-20(29)31)15(12-4-5-17-14(7-12)10-26-27-17)8-13-3-2-11(9-25)6-16(13)21(22,23)24/h2-7,10,28,30H,8H2,1H3. The van der Waals surface area contributed by atoms with Crippen LogP contribution in [0.2, 0.25) is 0 Å². The number of aromatic hydroxyl groups is 1. The molecule has 2 heterocycles. The Hall–Kier alpha value is -3.96. The number of rotatable bonds is 5. The van der Waals surface area contributed by atoms with Crippen LogP contribution in [0.3, 0.4) is 0 Å². The van der Waals surface area contributed by atoms with Gasteiger partial charge in [0.25, 0.3) is 0 Å². The third kappa shape index (κ3) is 4.96. The molecule has 0 amide bonds. The molecular formula is C21H14F3N5O4S2. The highest BCUT2D eigenvalue weighted by Gasteiger charge is 2.34. The quantitative estimate of drug-likeness (QED) is 0.523. The maximum Gasteiger partial charge on any atom is 0.416 e. The summed E-state index contributed by atoms with van der Waals surface area (Å²) < 4.78 is 65.1. The van der Waals surface area contributed by atoms with Gasteiger partial charge in [0.2, 0.25) is 15.9 Å². The Balaban J connectivity index is 1.99. The molecule has 0 fully saturated rings. The number of halogens is 3. The Labute approximate surface area is 199 Å². The molecule has 0 saturated carbocycles. The lowest BCUT2D eigenvalue weighted by Gasteiger charge is -2.15. The molecule has 0 unspecified atom stereocenters. The van der Waals surface area contributed by atoms with Crippen LogP contribution >= 0.6 is 11.3 Å². The maximum atomic E-state index is 13.8. The summed E-state index contributed by atoms with van der Waals surface area (Å²) in [5.74, 6) is -0.776. The van der Waals surface area contributed by atoms with Gasteiger partial charge in [-0.15, -0.1) is 0 Å². The highest BCUT2D eigenvalue weighted by molar-refractivity contribution is 7.91. The smallest absolute Gasteiger partial charge is 0.416 e. The van der Waals surface area contributed by atoms with Crippen molar-refractivity contribution < 1.29 is 26.7 Å². The molecule has 0 atom stereocenters. The predicted octanol–water partition coefficient (Wildman–Crippen LogP) is 1.42. The second-order valence-electron chi connectivity index (χ2n) is 7.47. The van der Waals surface area contributed by atoms with Gasteiger partial charge in [0.1, 0.15) is 0 Å². The van der Waals surface area contributed by atoms with Gasteiger partial charge in [-0.2, -0.15) is 33.3 Å². The van der Waals surface area contributed by atoms with Gasteiger partial charge in [0, 0.05) is 12.0 Å². The second kappa shape index (κ2) is 8.67. The topological polar surface area (TPSA) is 137 Å². The fraction of sp³-hybridized carbons (Fsp3) is 0.143. The first-order valence-electron chi connectivity index (χ1n) is 9.65. The number of thiazole rings is 1. The van der Waals surface area contributed by atoms with Gasteiger partial charge in [-0.05, 0) is 40.6 Å². The Morgan fingerprint density at radius 2 is 2.00 bits per heavy atom. The molecule has 180 valence electrons. The zero-order valence-electron chi connectivity index (χ0n) is 17.7. The molecule has 0 saturated heterocycles. The monoisotopic (exact) mass is 521 g/mol. The SMILES string of the molecule is CS(=O)(=O)Nn1c(O)c(C(Cc2ccc(C#N)cc2C(F)(F)F)=c2ccc3c(c2)C=NN=3)sc1=O. The summed E-state index contributed by atoms with van der Waals surface area (Å²) >= 11 is 0.461. The van der Waals surface area contributed by atoms with Gasteiger partial charge in [-0.25, -0.2) is 13.2 Å². The number of benzene rings is 2. The first-order valence-corrected chi connectivity index (χ1v) is 12.4. The van der Waals surface area contributed by atoms with Gasteiger partial charge >= 0.3 is 11.0 Å². The van der Waals surface area contributed by atoms with Crippen molar-refractivity contribution in [1.82, 2.24) is 4.68 Å². The van der Waals surface area contributed by atoms with Crippen LogP contribution in [-0.4, -0.2) is 30.7 Å². The third-order valence-electron chi connectivity index (χ3n) is 4.97. The van der Waals surface area contributed by atoms with Gasteiger partial charge in [-0.1, -0.05) is 23.5 Å². The number of nitrogens with zero attached hydrogens (tertiary/aromatic N) is 4. The zero-order chi connectivity index (χ0) is 25.5. The van der Waals surface area contributed by atoms with E-state index in [9.17, 15) is 31.5 Å². The van der Waals surface area contributed by atoms with Crippen LogP contribution < -0.4 is 20.3 Å². The number of nitriles is 1. The lowest BCUT2D eigenvalue weighted by atomic mass is 9.95. The van der Waals surface area contributed by atoms with Crippen LogP contribution in [0.4, 0.5) is 13.2 Å². The van der Waals surface area contributed by atoms with Crippen molar-refractivity contribution in [2.45, 2.75) is 12.6 Å². The second-order valence-corrected chi connectivity index (χ2v) is 10.2. The van der Waals surface area contributed by atoms with E-state index in [4.69, 9.17) is 5.26 Å². The molecular weight excluding hydrogens is 507 g/mol. The summed E-state index contributed by atoms with van der Waals surface area (Å²) in [6.45, 7) is 0. The molecule has 0 aliphatic carbocycles. The summed E-state index contributed by atoms with van der Waals surface area (Å²) in [6.07, 6.45) is -2.97. The predicted molar refractivity (Wildman–Crippen MR) is 122 cm³/mol. The summed E-state index contributed by atoms with van der Waals surface area (Å²) in [7, 11) is -3.96. The Morgan fingerprint density at radius 1 is 1.26 bits per heavy atom. The van der Waals surface area contributed by atoms with Gasteiger partial charge in [0.15, 0.2) is 0 Å². The van der Waals surface area contributed by atoms with Crippen LogP contribution in [0.5, 0.6) is 5.88 Å². The lowest BCUT2D eigenvalue weighted by Crippen LogP contribution is -2.28. The molecule has 2 aromatic carbocycles. The van der Waals surface area contributed by atoms with Gasteiger partial charge in [-0.3, -0.25) is 4.79 Å². The number of sulfonamides is 1. The number of fused-ring (bicyclic) bond motifs is 1. The van der Waals surface area contributed by atoms with Crippen LogP contribution in [0.1, 0.15) is 27.1 Å². The number of hydrogen-bond acceptors (Lipinski definition) is 8. The molecule has 3 aromatic rings. The first-order chi connectivity index (χ1) is 16.4. The van der Waals surface area contributed by atoms with Crippen molar-refractivity contribution in [3.05, 3.63) is 83.8 Å². The molecule has 0 radical (unpaired) electrons. The number of hydrogen-bond donors (Lipinski definition) is 2. The van der Waals surface area contributed by atoms with Crippen LogP contribution in [0, 0.1) is 11.3 Å². The van der Waals surface area contributed by atoms with Crippen molar-refractivity contribution in [3.8, 4) is 11.9 Å². The van der Waals surface area contributed by atoms with Crippen LogP contribution in [0.25, 0.3) is 5.57 Å². The molecule has 14 heteroatoms. The fourth-order valence-electron chi connectivity index (χ4n) is 3.47. The van der Waals surface area contributed by atoms with E-state index in [1.54, 1.807) is 24.3 Å². The molecule has 2 N–H and O–H groups in total. The summed E-state index contributed by atoms with van der Waals surface area (Å²) in [6, 6.07) is 9.48. The summed E-state index contributed by atoms with van der Waals surface area (Å²) in [5.41, 5.74) is -0.761. The average molecular weight is 522 g/mol. The van der Waals surface area contributed by atoms with E-state index in [0.29, 0.717) is 32.2 Å². The molecule has 1 aromatic heterocycles. The number of alkyl halides is 3. The Bertz CT molecular complexity index is 1720. The van der Waals surface area contributed by atoms with E-state index in [0.717, 1.165) is 18.4 Å². The molecule has 1 aliphatic rings. The lowest BCUT2D eigenvalue weighted by molar-refractivity contribution is -0.138. The normalized spacial score (nSPS) is 13.7. The van der Waals surface area contributed by atoms with Crippen molar-refractivity contribution >= 4 is 33.1 Å². The maximum absolute atomic E-state index is 13.8. The van der Waals surface area contributed by atoms with Crippen molar-refractivity contribution in [3.63, 3.8) is 0 Å². The van der Waals surface area contributed by atoms with Gasteiger partial charge in [0.05, 0.1) is 39.9 Å². The van der Waals surface area contributed by atoms with Gasteiger partial charge < -0.3 is 5.11 Å². The van der Waals surface area contributed by atoms with E-state index >= 15 is 0 Å². The Morgan fingerprint density at radius 3 is 2.66 bits per heavy atom. The summed E-state index contributed by atoms with van der Waals surface area (Å²) in [5, 5.41) is 28.3. The minimum absolute atomic E-state index is 0.122. The van der Waals surface area contributed by atoms with E-state index in [1.165, 1.54) is 12.3 Å². The highest BCUT2D eigenvalue weighted by atomic mass is 32.2. The largest absolute Gasteiger partial charge is 0.492 e. The molecule has 1 aliphatic heterocycles. The summed E-state index contributed by atoms with van der Waals surface area (Å²) in [4.78, 5) is 13.3. The zero-order valence-corrected chi connectivity index (χ0v) is 19.3. The number of aromatic nitrogens is 1. The Kier molecular flexibility index (Phi) is 5.99. The average Bonchev–Trinajstić information content (AvgIpc) is 3.35. The van der Waals surface area contributed by atoms with E-state index in [-0.39, 0.29) is 21.6 Å². The van der Waals surface area contributed by atoms with Crippen LogP contribution in [-0.2, 0) is 22.6 Å². The molecule has 0 bridgehead atoms. The molecule has 0 spiro atoms. The van der Waals surface area contributed by atoms with Crippen LogP contribution in [0.15, 0.2) is 51.4 Å². The van der Waals surface area contributed by atoms with Crippen molar-refractivity contribution in [1.29, 1.82) is 5.26 Å². The minimum atomic E-state index is -4.78. The van der Waals surface area contributed by atoms with Crippen molar-refractivity contribution in [2.75, 3.05) is 11.1 Å². The van der Waals surface area contributed by atoms with E-state index < -0.39 is 38.9 Å². The third-order valence-corrected chi connectivity index (χ3v) is 6.47. The fourth-order valence-corrected chi connectivity index (χ4v) is 4.92. The van der Waals surface area contributed by atoms with E-state index in [1.807, 2.05) is 4.83 Å².